The van der Waals surface area contributed by atoms with Gasteiger partial charge in [-0.25, -0.2) is 0 Å². The molecule has 0 aromatic heterocycles. The fraction of sp³-hybridized carbons (Fsp3) is 0.895. The maximum Gasteiger partial charge on any atom is 0.224 e. The van der Waals surface area contributed by atoms with Crippen LogP contribution < -0.4 is 5.32 Å². The van der Waals surface area contributed by atoms with Crippen LogP contribution in [0.1, 0.15) is 72.6 Å². The Bertz CT molecular complexity index is 389. The van der Waals surface area contributed by atoms with Crippen molar-refractivity contribution in [3.63, 3.8) is 0 Å². The van der Waals surface area contributed by atoms with Crippen molar-refractivity contribution >= 4 is 11.8 Å². The molecule has 0 aromatic rings. The van der Waals surface area contributed by atoms with Gasteiger partial charge in [-0.05, 0) is 51.4 Å². The monoisotopic (exact) mass is 340 g/mol. The van der Waals surface area contributed by atoms with Crippen LogP contribution in [0.2, 0.25) is 0 Å². The second-order valence-corrected chi connectivity index (χ2v) is 8.25. The molecular weight excluding hydrogens is 304 g/mol. The Kier molecular flexibility index (Phi) is 8.20. The summed E-state index contributed by atoms with van der Waals surface area (Å²) in [5.74, 6) is 0.419. The molecule has 1 aliphatic heterocycles. The zero-order valence-corrected chi connectivity index (χ0v) is 16.1. The number of carbonyl (C=O) groups is 2. The van der Waals surface area contributed by atoms with Crippen molar-refractivity contribution in [1.82, 2.24) is 10.2 Å². The van der Waals surface area contributed by atoms with E-state index in [4.69, 9.17) is 0 Å². The summed E-state index contributed by atoms with van der Waals surface area (Å²) in [5, 5.41) is 13.5. The van der Waals surface area contributed by atoms with E-state index in [1.54, 1.807) is 11.9 Å². The van der Waals surface area contributed by atoms with Crippen molar-refractivity contribution < 1.29 is 14.7 Å². The van der Waals surface area contributed by atoms with Gasteiger partial charge in [-0.3, -0.25) is 9.59 Å². The summed E-state index contributed by atoms with van der Waals surface area (Å²) in [4.78, 5) is 26.6. The lowest BCUT2D eigenvalue weighted by molar-refractivity contribution is -0.131. The highest BCUT2D eigenvalue weighted by Crippen LogP contribution is 2.22. The lowest BCUT2D eigenvalue weighted by Gasteiger charge is -2.28. The second-order valence-electron chi connectivity index (χ2n) is 8.25. The van der Waals surface area contributed by atoms with Crippen molar-refractivity contribution in [2.24, 2.45) is 11.8 Å². The summed E-state index contributed by atoms with van der Waals surface area (Å²) in [6, 6.07) is -0.0963. The molecule has 1 fully saturated rings. The number of rotatable bonds is 2. The van der Waals surface area contributed by atoms with Gasteiger partial charge in [0.05, 0.1) is 5.60 Å². The summed E-state index contributed by atoms with van der Waals surface area (Å²) < 4.78 is 0. The number of nitrogens with one attached hydrogen (secondary N) is 1. The maximum atomic E-state index is 12.4. The van der Waals surface area contributed by atoms with E-state index in [-0.39, 0.29) is 23.8 Å². The molecule has 1 saturated heterocycles. The summed E-state index contributed by atoms with van der Waals surface area (Å²) >= 11 is 0. The van der Waals surface area contributed by atoms with E-state index in [0.717, 1.165) is 25.7 Å². The first-order chi connectivity index (χ1) is 11.1. The molecular formula is C19H36N2O3. The minimum atomic E-state index is -0.718. The number of amides is 2. The zero-order chi connectivity index (χ0) is 18.3. The van der Waals surface area contributed by atoms with E-state index in [2.05, 4.69) is 19.2 Å². The van der Waals surface area contributed by atoms with E-state index < -0.39 is 5.60 Å². The molecule has 0 aliphatic carbocycles. The molecule has 0 spiro atoms. The molecule has 0 saturated carbocycles. The van der Waals surface area contributed by atoms with Crippen molar-refractivity contribution in [2.45, 2.75) is 84.3 Å². The predicted octanol–water partition coefficient (Wildman–Crippen LogP) is 2.72. The van der Waals surface area contributed by atoms with E-state index in [1.807, 2.05) is 13.8 Å². The van der Waals surface area contributed by atoms with E-state index in [1.165, 1.54) is 0 Å². The molecule has 1 heterocycles. The van der Waals surface area contributed by atoms with Crippen LogP contribution in [-0.2, 0) is 9.59 Å². The topological polar surface area (TPSA) is 69.6 Å². The predicted molar refractivity (Wildman–Crippen MR) is 96.5 cm³/mol. The van der Waals surface area contributed by atoms with Crippen molar-refractivity contribution in [1.29, 1.82) is 0 Å². The number of hydrogen-bond acceptors (Lipinski definition) is 3. The van der Waals surface area contributed by atoms with Gasteiger partial charge in [0.2, 0.25) is 11.8 Å². The van der Waals surface area contributed by atoms with Gasteiger partial charge >= 0.3 is 0 Å². The van der Waals surface area contributed by atoms with Gasteiger partial charge in [-0.2, -0.15) is 0 Å². The molecule has 5 nitrogen and oxygen atoms in total. The first kappa shape index (κ1) is 20.9. The zero-order valence-electron chi connectivity index (χ0n) is 16.1. The summed E-state index contributed by atoms with van der Waals surface area (Å²) in [6.07, 6.45) is 4.94. The SMILES string of the molecule is CC(C)C[C@H]1CC(=O)N(C)CCC[C@@](C)(O)CCC[C@@H](C)C(=O)N1. The van der Waals surface area contributed by atoms with Gasteiger partial charge in [0.1, 0.15) is 0 Å². The normalized spacial score (nSPS) is 31.7. The van der Waals surface area contributed by atoms with Gasteiger partial charge in [-0.1, -0.05) is 20.8 Å². The number of aliphatic hydroxyl groups is 1. The van der Waals surface area contributed by atoms with Crippen molar-refractivity contribution in [3.05, 3.63) is 0 Å². The van der Waals surface area contributed by atoms with Gasteiger partial charge in [0.15, 0.2) is 0 Å². The first-order valence-corrected chi connectivity index (χ1v) is 9.37. The molecule has 2 N–H and O–H groups in total. The fourth-order valence-corrected chi connectivity index (χ4v) is 3.34. The standard InChI is InChI=1S/C19H36N2O3/c1-14(2)12-16-13-17(22)21(5)11-7-10-19(4,24)9-6-8-15(3)18(23)20-16/h14-16,24H,6-13H2,1-5H3,(H,20,23)/t15-,16+,19+/m1/s1. The third kappa shape index (κ3) is 7.65. The number of nitrogens with zero attached hydrogens (tertiary/aromatic N) is 1. The summed E-state index contributed by atoms with van der Waals surface area (Å²) in [7, 11) is 1.81. The second kappa shape index (κ2) is 9.40. The van der Waals surface area contributed by atoms with E-state index >= 15 is 0 Å². The smallest absolute Gasteiger partial charge is 0.224 e. The Morgan fingerprint density at radius 3 is 2.54 bits per heavy atom. The molecule has 3 atom stereocenters. The first-order valence-electron chi connectivity index (χ1n) is 9.37. The Morgan fingerprint density at radius 1 is 1.29 bits per heavy atom. The van der Waals surface area contributed by atoms with Crippen LogP contribution in [0.3, 0.4) is 0 Å². The van der Waals surface area contributed by atoms with Crippen LogP contribution in [0.25, 0.3) is 0 Å². The molecule has 1 aliphatic rings. The molecule has 0 unspecified atom stereocenters. The third-order valence-electron chi connectivity index (χ3n) is 4.96. The molecule has 2 amide bonds. The van der Waals surface area contributed by atoms with Crippen LogP contribution in [0.5, 0.6) is 0 Å². The van der Waals surface area contributed by atoms with Crippen LogP contribution in [0, 0.1) is 11.8 Å². The van der Waals surface area contributed by atoms with Gasteiger partial charge < -0.3 is 15.3 Å². The average molecular weight is 341 g/mol. The maximum absolute atomic E-state index is 12.4. The van der Waals surface area contributed by atoms with Crippen LogP contribution >= 0.6 is 0 Å². The molecule has 0 bridgehead atoms. The van der Waals surface area contributed by atoms with Crippen LogP contribution in [-0.4, -0.2) is 47.1 Å². The highest BCUT2D eigenvalue weighted by Gasteiger charge is 2.25. The fourth-order valence-electron chi connectivity index (χ4n) is 3.34. The number of carbonyl (C=O) groups excluding carboxylic acids is 2. The van der Waals surface area contributed by atoms with E-state index in [0.29, 0.717) is 31.7 Å². The van der Waals surface area contributed by atoms with Gasteiger partial charge in [-0.15, -0.1) is 0 Å². The highest BCUT2D eigenvalue weighted by molar-refractivity contribution is 5.81. The van der Waals surface area contributed by atoms with Crippen molar-refractivity contribution in [2.75, 3.05) is 13.6 Å². The summed E-state index contributed by atoms with van der Waals surface area (Å²) in [6.45, 7) is 8.64. The molecule has 140 valence electrons. The molecule has 1 rings (SSSR count). The molecule has 0 radical (unpaired) electrons. The molecule has 24 heavy (non-hydrogen) atoms. The van der Waals surface area contributed by atoms with Gasteiger partial charge in [0.25, 0.3) is 0 Å². The van der Waals surface area contributed by atoms with E-state index in [9.17, 15) is 14.7 Å². The molecule has 0 aromatic carbocycles. The lowest BCUT2D eigenvalue weighted by Crippen LogP contribution is -2.43. The van der Waals surface area contributed by atoms with Crippen molar-refractivity contribution in [3.8, 4) is 0 Å². The Hall–Kier alpha value is -1.10. The quantitative estimate of drug-likeness (QED) is 0.812. The van der Waals surface area contributed by atoms with Crippen LogP contribution in [0.15, 0.2) is 0 Å². The Morgan fingerprint density at radius 2 is 1.92 bits per heavy atom. The Labute approximate surface area is 147 Å². The average Bonchev–Trinajstić information content (AvgIpc) is 2.44. The largest absolute Gasteiger partial charge is 0.390 e. The minimum Gasteiger partial charge on any atom is -0.390 e. The highest BCUT2D eigenvalue weighted by atomic mass is 16.3. The minimum absolute atomic E-state index is 0.0211. The third-order valence-corrected chi connectivity index (χ3v) is 4.96. The number of hydrogen-bond donors (Lipinski definition) is 2. The molecule has 5 heteroatoms. The van der Waals surface area contributed by atoms with Gasteiger partial charge in [0, 0.05) is 32.0 Å². The Balaban J connectivity index is 2.82. The van der Waals surface area contributed by atoms with Crippen LogP contribution in [0.4, 0.5) is 0 Å². The summed E-state index contributed by atoms with van der Waals surface area (Å²) in [5.41, 5.74) is -0.718. The lowest BCUT2D eigenvalue weighted by atomic mass is 9.90.